The molecule has 0 saturated heterocycles. The molecule has 0 saturated carbocycles. The van der Waals surface area contributed by atoms with Crippen molar-refractivity contribution in [3.8, 4) is 0 Å². The van der Waals surface area contributed by atoms with Crippen LogP contribution < -0.4 is 10.6 Å². The van der Waals surface area contributed by atoms with Crippen LogP contribution in [0.3, 0.4) is 0 Å². The SMILES string of the molecule is Cc1ccc(C(=O)Nc2ccc(NCCc3ccc(F)cc3)nn2)cc1C. The van der Waals surface area contributed by atoms with Crippen LogP contribution in [0, 0.1) is 19.7 Å². The minimum Gasteiger partial charge on any atom is -0.368 e. The van der Waals surface area contributed by atoms with Crippen LogP contribution in [0.5, 0.6) is 0 Å². The van der Waals surface area contributed by atoms with E-state index in [2.05, 4.69) is 20.8 Å². The monoisotopic (exact) mass is 364 g/mol. The van der Waals surface area contributed by atoms with E-state index in [1.165, 1.54) is 12.1 Å². The van der Waals surface area contributed by atoms with Gasteiger partial charge in [0, 0.05) is 12.1 Å². The summed E-state index contributed by atoms with van der Waals surface area (Å²) in [5.41, 5.74) is 3.83. The number of hydrogen-bond acceptors (Lipinski definition) is 4. The van der Waals surface area contributed by atoms with E-state index in [1.54, 1.807) is 30.3 Å². The van der Waals surface area contributed by atoms with E-state index in [0.29, 0.717) is 23.7 Å². The molecular formula is C21H21FN4O. The molecule has 3 rings (SSSR count). The molecule has 0 fully saturated rings. The maximum atomic E-state index is 12.9. The molecule has 3 aromatic rings. The van der Waals surface area contributed by atoms with Gasteiger partial charge < -0.3 is 10.6 Å². The average Bonchev–Trinajstić information content (AvgIpc) is 2.67. The molecule has 0 aliphatic rings. The highest BCUT2D eigenvalue weighted by atomic mass is 19.1. The lowest BCUT2D eigenvalue weighted by atomic mass is 10.1. The molecular weight excluding hydrogens is 343 g/mol. The maximum absolute atomic E-state index is 12.9. The molecule has 2 N–H and O–H groups in total. The predicted octanol–water partition coefficient (Wildman–Crippen LogP) is 4.14. The van der Waals surface area contributed by atoms with Crippen molar-refractivity contribution in [3.63, 3.8) is 0 Å². The summed E-state index contributed by atoms with van der Waals surface area (Å²) < 4.78 is 12.9. The number of carbonyl (C=O) groups excluding carboxylic acids is 1. The summed E-state index contributed by atoms with van der Waals surface area (Å²) in [4.78, 5) is 12.3. The van der Waals surface area contributed by atoms with Gasteiger partial charge >= 0.3 is 0 Å². The van der Waals surface area contributed by atoms with Gasteiger partial charge in [-0.15, -0.1) is 10.2 Å². The maximum Gasteiger partial charge on any atom is 0.256 e. The van der Waals surface area contributed by atoms with Gasteiger partial charge in [-0.2, -0.15) is 0 Å². The summed E-state index contributed by atoms with van der Waals surface area (Å²) >= 11 is 0. The number of halogens is 1. The average molecular weight is 364 g/mol. The van der Waals surface area contributed by atoms with Crippen LogP contribution in [0.25, 0.3) is 0 Å². The van der Waals surface area contributed by atoms with Crippen molar-refractivity contribution >= 4 is 17.5 Å². The Morgan fingerprint density at radius 2 is 1.63 bits per heavy atom. The molecule has 138 valence electrons. The molecule has 1 amide bonds. The zero-order valence-electron chi connectivity index (χ0n) is 15.3. The van der Waals surface area contributed by atoms with Gasteiger partial charge in [-0.1, -0.05) is 18.2 Å². The van der Waals surface area contributed by atoms with Gasteiger partial charge in [0.2, 0.25) is 0 Å². The second-order valence-electron chi connectivity index (χ2n) is 6.36. The molecule has 2 aromatic carbocycles. The number of carbonyl (C=O) groups is 1. The van der Waals surface area contributed by atoms with Crippen molar-refractivity contribution in [1.82, 2.24) is 10.2 Å². The lowest BCUT2D eigenvalue weighted by Gasteiger charge is -2.08. The first-order valence-corrected chi connectivity index (χ1v) is 8.72. The van der Waals surface area contributed by atoms with Gasteiger partial charge in [-0.3, -0.25) is 4.79 Å². The first kappa shape index (κ1) is 18.5. The van der Waals surface area contributed by atoms with Crippen LogP contribution in [0.1, 0.15) is 27.0 Å². The van der Waals surface area contributed by atoms with E-state index < -0.39 is 0 Å². The zero-order valence-corrected chi connectivity index (χ0v) is 15.3. The molecule has 0 unspecified atom stereocenters. The van der Waals surface area contributed by atoms with Crippen molar-refractivity contribution in [3.05, 3.63) is 82.7 Å². The Bertz CT molecular complexity index is 924. The Labute approximate surface area is 157 Å². The number of benzene rings is 2. The minimum absolute atomic E-state index is 0.218. The Kier molecular flexibility index (Phi) is 5.76. The number of nitrogens with zero attached hydrogens (tertiary/aromatic N) is 2. The molecule has 0 radical (unpaired) electrons. The lowest BCUT2D eigenvalue weighted by molar-refractivity contribution is 0.102. The summed E-state index contributed by atoms with van der Waals surface area (Å²) in [7, 11) is 0. The van der Waals surface area contributed by atoms with Crippen LogP contribution in [-0.4, -0.2) is 22.6 Å². The first-order chi connectivity index (χ1) is 13.0. The van der Waals surface area contributed by atoms with E-state index in [1.807, 2.05) is 26.0 Å². The zero-order chi connectivity index (χ0) is 19.2. The van der Waals surface area contributed by atoms with E-state index in [4.69, 9.17) is 0 Å². The summed E-state index contributed by atoms with van der Waals surface area (Å²) in [5, 5.41) is 14.0. The molecule has 0 spiro atoms. The predicted molar refractivity (Wildman–Crippen MR) is 104 cm³/mol. The van der Waals surface area contributed by atoms with Crippen molar-refractivity contribution in [1.29, 1.82) is 0 Å². The van der Waals surface area contributed by atoms with Crippen LogP contribution >= 0.6 is 0 Å². The fourth-order valence-electron chi connectivity index (χ4n) is 2.55. The van der Waals surface area contributed by atoms with Gasteiger partial charge in [0.05, 0.1) is 0 Å². The normalized spacial score (nSPS) is 10.5. The third kappa shape index (κ3) is 5.10. The summed E-state index contributed by atoms with van der Waals surface area (Å²) in [6.45, 7) is 4.62. The number of hydrogen-bond donors (Lipinski definition) is 2. The highest BCUT2D eigenvalue weighted by molar-refractivity contribution is 6.03. The van der Waals surface area contributed by atoms with Gasteiger partial charge in [-0.25, -0.2) is 4.39 Å². The summed E-state index contributed by atoms with van der Waals surface area (Å²) in [5.74, 6) is 0.545. The van der Waals surface area contributed by atoms with Crippen molar-refractivity contribution in [2.24, 2.45) is 0 Å². The third-order valence-electron chi connectivity index (χ3n) is 4.31. The van der Waals surface area contributed by atoms with Gasteiger partial charge in [0.25, 0.3) is 5.91 Å². The standard InChI is InChI=1S/C21H21FN4O/c1-14-3-6-17(13-15(14)2)21(27)24-20-10-9-19(25-26-20)23-12-11-16-4-7-18(22)8-5-16/h3-10,13H,11-12H2,1-2H3,(H,23,25)(H,24,26,27). The summed E-state index contributed by atoms with van der Waals surface area (Å²) in [6.07, 6.45) is 0.743. The number of aryl methyl sites for hydroxylation is 2. The fraction of sp³-hybridized carbons (Fsp3) is 0.190. The van der Waals surface area contributed by atoms with Gasteiger partial charge in [0.1, 0.15) is 11.6 Å². The Balaban J connectivity index is 1.52. The molecule has 0 bridgehead atoms. The third-order valence-corrected chi connectivity index (χ3v) is 4.31. The van der Waals surface area contributed by atoms with Gasteiger partial charge in [0.15, 0.2) is 5.82 Å². The number of amides is 1. The van der Waals surface area contributed by atoms with Crippen molar-refractivity contribution in [2.75, 3.05) is 17.2 Å². The minimum atomic E-state index is -0.240. The molecule has 0 aliphatic heterocycles. The van der Waals surface area contributed by atoms with Crippen LogP contribution in [-0.2, 0) is 6.42 Å². The molecule has 0 aliphatic carbocycles. The van der Waals surface area contributed by atoms with E-state index >= 15 is 0 Å². The molecule has 27 heavy (non-hydrogen) atoms. The van der Waals surface area contributed by atoms with Crippen LogP contribution in [0.2, 0.25) is 0 Å². The Hall–Kier alpha value is -3.28. The highest BCUT2D eigenvalue weighted by Gasteiger charge is 2.08. The van der Waals surface area contributed by atoms with Crippen molar-refractivity contribution < 1.29 is 9.18 Å². The van der Waals surface area contributed by atoms with Gasteiger partial charge in [-0.05, 0) is 73.4 Å². The van der Waals surface area contributed by atoms with E-state index in [0.717, 1.165) is 23.1 Å². The first-order valence-electron chi connectivity index (χ1n) is 8.72. The van der Waals surface area contributed by atoms with Crippen molar-refractivity contribution in [2.45, 2.75) is 20.3 Å². The number of aromatic nitrogens is 2. The lowest BCUT2D eigenvalue weighted by Crippen LogP contribution is -2.14. The molecule has 0 atom stereocenters. The van der Waals surface area contributed by atoms with E-state index in [-0.39, 0.29) is 11.7 Å². The van der Waals surface area contributed by atoms with Crippen LogP contribution in [0.4, 0.5) is 16.0 Å². The summed E-state index contributed by atoms with van der Waals surface area (Å²) in [6, 6.07) is 15.4. The van der Waals surface area contributed by atoms with Crippen LogP contribution in [0.15, 0.2) is 54.6 Å². The second kappa shape index (κ2) is 8.40. The second-order valence-corrected chi connectivity index (χ2v) is 6.36. The number of rotatable bonds is 6. The number of nitrogens with one attached hydrogen (secondary N) is 2. The van der Waals surface area contributed by atoms with E-state index in [9.17, 15) is 9.18 Å². The molecule has 6 heteroatoms. The molecule has 1 heterocycles. The highest BCUT2D eigenvalue weighted by Crippen LogP contribution is 2.13. The Morgan fingerprint density at radius 1 is 0.926 bits per heavy atom. The fourth-order valence-corrected chi connectivity index (χ4v) is 2.55. The number of anilines is 2. The smallest absolute Gasteiger partial charge is 0.256 e. The Morgan fingerprint density at radius 3 is 2.30 bits per heavy atom. The quantitative estimate of drug-likeness (QED) is 0.690. The molecule has 1 aromatic heterocycles. The molecule has 5 nitrogen and oxygen atoms in total. The topological polar surface area (TPSA) is 66.9 Å². The largest absolute Gasteiger partial charge is 0.368 e.